The Kier molecular flexibility index (Phi) is 3.71. The summed E-state index contributed by atoms with van der Waals surface area (Å²) in [4.78, 5) is 8.61. The van der Waals surface area contributed by atoms with E-state index in [4.69, 9.17) is 11.6 Å². The fourth-order valence-corrected chi connectivity index (χ4v) is 3.32. The van der Waals surface area contributed by atoms with Gasteiger partial charge in [0.05, 0.1) is 5.69 Å². The molecule has 1 aromatic carbocycles. The summed E-state index contributed by atoms with van der Waals surface area (Å²) in [7, 11) is 0. The van der Waals surface area contributed by atoms with E-state index in [0.717, 1.165) is 22.8 Å². The molecule has 0 saturated heterocycles. The fraction of sp³-hybridized carbons (Fsp3) is 0.231. The Morgan fingerprint density at radius 1 is 1.10 bits per heavy atom. The Balaban J connectivity index is 1.89. The summed E-state index contributed by atoms with van der Waals surface area (Å²) in [6.45, 7) is 0. The van der Waals surface area contributed by atoms with Crippen LogP contribution in [0.15, 0.2) is 24.3 Å². The normalized spacial score (nSPS) is 14.1. The van der Waals surface area contributed by atoms with E-state index < -0.39 is 6.36 Å². The number of benzene rings is 1. The summed E-state index contributed by atoms with van der Waals surface area (Å²) >= 11 is 7.80. The van der Waals surface area contributed by atoms with Crippen LogP contribution in [0.25, 0.3) is 11.4 Å². The maximum Gasteiger partial charge on any atom is 0.573 e. The number of hydrogen-bond donors (Lipinski definition) is 0. The monoisotopic (exact) mass is 332 g/mol. The summed E-state index contributed by atoms with van der Waals surface area (Å²) in [5.41, 5.74) is 2.40. The van der Waals surface area contributed by atoms with Crippen LogP contribution in [0.4, 0.5) is 13.2 Å². The quantitative estimate of drug-likeness (QED) is 0.761. The number of fused-ring (bicyclic) bond motifs is 1. The van der Waals surface area contributed by atoms with E-state index >= 15 is 0 Å². The average Bonchev–Trinajstić information content (AvgIpc) is 2.86. The van der Waals surface area contributed by atoms with E-state index in [1.54, 1.807) is 11.8 Å². The summed E-state index contributed by atoms with van der Waals surface area (Å²) in [5.74, 6) is 1.67. The van der Waals surface area contributed by atoms with Gasteiger partial charge in [0, 0.05) is 22.6 Å². The fourth-order valence-electron chi connectivity index (χ4n) is 1.95. The van der Waals surface area contributed by atoms with Crippen LogP contribution in [0.5, 0.6) is 5.75 Å². The minimum atomic E-state index is -4.70. The van der Waals surface area contributed by atoms with Crippen LogP contribution >= 0.6 is 23.4 Å². The minimum absolute atomic E-state index is 0.283. The number of halogens is 4. The maximum absolute atomic E-state index is 12.1. The Labute approximate surface area is 127 Å². The molecule has 21 heavy (non-hydrogen) atoms. The third kappa shape index (κ3) is 3.24. The van der Waals surface area contributed by atoms with E-state index in [1.807, 2.05) is 0 Å². The number of ether oxygens (including phenoxy) is 1. The van der Waals surface area contributed by atoms with Crippen LogP contribution in [-0.2, 0) is 11.5 Å². The van der Waals surface area contributed by atoms with Crippen molar-refractivity contribution in [3.05, 3.63) is 40.7 Å². The van der Waals surface area contributed by atoms with Gasteiger partial charge in [0.2, 0.25) is 0 Å². The molecule has 0 N–H and O–H groups in total. The molecule has 1 aliphatic heterocycles. The lowest BCUT2D eigenvalue weighted by molar-refractivity contribution is -0.274. The van der Waals surface area contributed by atoms with Crippen molar-refractivity contribution in [1.29, 1.82) is 0 Å². The highest BCUT2D eigenvalue weighted by atomic mass is 35.5. The molecule has 0 unspecified atom stereocenters. The standard InChI is InChI=1S/C13H8ClF3N2OS/c14-11-9-5-21-6-10(9)18-12(19-11)7-1-3-8(4-2-7)20-13(15,16)17/h1-4H,5-6H2. The summed E-state index contributed by atoms with van der Waals surface area (Å²) in [6.07, 6.45) is -4.70. The van der Waals surface area contributed by atoms with Gasteiger partial charge in [-0.25, -0.2) is 9.97 Å². The van der Waals surface area contributed by atoms with E-state index in [1.165, 1.54) is 24.3 Å². The number of hydrogen-bond acceptors (Lipinski definition) is 4. The highest BCUT2D eigenvalue weighted by molar-refractivity contribution is 7.98. The lowest BCUT2D eigenvalue weighted by atomic mass is 10.2. The molecule has 0 fully saturated rings. The third-order valence-corrected chi connectivity index (χ3v) is 4.16. The Bertz CT molecular complexity index is 676. The topological polar surface area (TPSA) is 35.0 Å². The van der Waals surface area contributed by atoms with Gasteiger partial charge in [0.15, 0.2) is 5.82 Å². The predicted molar refractivity (Wildman–Crippen MR) is 74.2 cm³/mol. The van der Waals surface area contributed by atoms with E-state index in [9.17, 15) is 13.2 Å². The smallest absolute Gasteiger partial charge is 0.406 e. The molecule has 1 aromatic heterocycles. The average molecular weight is 333 g/mol. The van der Waals surface area contributed by atoms with Crippen molar-refractivity contribution in [1.82, 2.24) is 9.97 Å². The molecule has 1 aliphatic rings. The van der Waals surface area contributed by atoms with Crippen molar-refractivity contribution >= 4 is 23.4 Å². The molecular formula is C13H8ClF3N2OS. The van der Waals surface area contributed by atoms with Gasteiger partial charge < -0.3 is 4.74 Å². The van der Waals surface area contributed by atoms with Gasteiger partial charge in [-0.3, -0.25) is 0 Å². The first kappa shape index (κ1) is 14.5. The first-order chi connectivity index (χ1) is 9.92. The van der Waals surface area contributed by atoms with Crippen LogP contribution in [0.2, 0.25) is 5.15 Å². The van der Waals surface area contributed by atoms with Crippen LogP contribution in [0, 0.1) is 0 Å². The van der Waals surface area contributed by atoms with Gasteiger partial charge in [-0.1, -0.05) is 11.6 Å². The summed E-state index contributed by atoms with van der Waals surface area (Å²) < 4.78 is 40.1. The van der Waals surface area contributed by atoms with Crippen LogP contribution in [0.3, 0.4) is 0 Å². The lowest BCUT2D eigenvalue weighted by Crippen LogP contribution is -2.16. The molecule has 3 nitrogen and oxygen atoms in total. The van der Waals surface area contributed by atoms with Gasteiger partial charge in [-0.15, -0.1) is 13.2 Å². The number of nitrogens with zero attached hydrogens (tertiary/aromatic N) is 2. The molecule has 3 rings (SSSR count). The van der Waals surface area contributed by atoms with Crippen molar-refractivity contribution in [2.24, 2.45) is 0 Å². The Morgan fingerprint density at radius 3 is 2.48 bits per heavy atom. The first-order valence-electron chi connectivity index (χ1n) is 5.91. The molecule has 0 bridgehead atoms. The minimum Gasteiger partial charge on any atom is -0.406 e. The molecule has 0 aliphatic carbocycles. The SMILES string of the molecule is FC(F)(F)Oc1ccc(-c2nc(Cl)c3c(n2)CSC3)cc1. The zero-order chi connectivity index (χ0) is 15.0. The highest BCUT2D eigenvalue weighted by Gasteiger charge is 2.31. The first-order valence-corrected chi connectivity index (χ1v) is 7.45. The zero-order valence-corrected chi connectivity index (χ0v) is 12.0. The number of aromatic nitrogens is 2. The second-order valence-electron chi connectivity index (χ2n) is 4.33. The number of alkyl halides is 3. The zero-order valence-electron chi connectivity index (χ0n) is 10.4. The van der Waals surface area contributed by atoms with Gasteiger partial charge in [-0.05, 0) is 24.3 Å². The van der Waals surface area contributed by atoms with Gasteiger partial charge in [-0.2, -0.15) is 11.8 Å². The van der Waals surface area contributed by atoms with Gasteiger partial charge in [0.1, 0.15) is 10.9 Å². The summed E-state index contributed by atoms with van der Waals surface area (Å²) in [6, 6.07) is 5.40. The van der Waals surface area contributed by atoms with Crippen LogP contribution in [0.1, 0.15) is 11.3 Å². The van der Waals surface area contributed by atoms with Crippen LogP contribution in [-0.4, -0.2) is 16.3 Å². The van der Waals surface area contributed by atoms with Crippen molar-refractivity contribution in [2.75, 3.05) is 0 Å². The Hall–Kier alpha value is -1.47. The molecule has 2 aromatic rings. The van der Waals surface area contributed by atoms with Crippen molar-refractivity contribution in [3.8, 4) is 17.1 Å². The Morgan fingerprint density at radius 2 is 1.81 bits per heavy atom. The molecule has 0 spiro atoms. The van der Waals surface area contributed by atoms with Gasteiger partial charge in [0.25, 0.3) is 0 Å². The van der Waals surface area contributed by atoms with E-state index in [2.05, 4.69) is 14.7 Å². The van der Waals surface area contributed by atoms with E-state index in [-0.39, 0.29) is 5.75 Å². The highest BCUT2D eigenvalue weighted by Crippen LogP contribution is 2.34. The van der Waals surface area contributed by atoms with E-state index in [0.29, 0.717) is 16.5 Å². The predicted octanol–water partition coefficient (Wildman–Crippen LogP) is 4.44. The largest absolute Gasteiger partial charge is 0.573 e. The number of thioether (sulfide) groups is 1. The van der Waals surface area contributed by atoms with Crippen molar-refractivity contribution in [3.63, 3.8) is 0 Å². The van der Waals surface area contributed by atoms with Gasteiger partial charge >= 0.3 is 6.36 Å². The molecular weight excluding hydrogens is 325 g/mol. The molecule has 0 radical (unpaired) electrons. The maximum atomic E-state index is 12.1. The van der Waals surface area contributed by atoms with Crippen LogP contribution < -0.4 is 4.74 Å². The number of rotatable bonds is 2. The molecule has 0 atom stereocenters. The third-order valence-electron chi connectivity index (χ3n) is 2.87. The summed E-state index contributed by atoms with van der Waals surface area (Å²) in [5, 5.41) is 0.399. The van der Waals surface area contributed by atoms with Crippen molar-refractivity contribution < 1.29 is 17.9 Å². The molecule has 8 heteroatoms. The van der Waals surface area contributed by atoms with Crippen molar-refractivity contribution in [2.45, 2.75) is 17.9 Å². The lowest BCUT2D eigenvalue weighted by Gasteiger charge is -2.09. The molecule has 110 valence electrons. The second kappa shape index (κ2) is 5.38. The molecule has 0 saturated carbocycles. The molecule has 0 amide bonds. The second-order valence-corrected chi connectivity index (χ2v) is 5.67. The molecule has 2 heterocycles.